The number of hydrogen-bond acceptors (Lipinski definition) is 8. The maximum Gasteiger partial charge on any atom is 0.330 e. The van der Waals surface area contributed by atoms with Crippen molar-refractivity contribution in [3.05, 3.63) is 54.1 Å². The molecule has 3 aliphatic rings. The molecule has 4 atom stereocenters. The van der Waals surface area contributed by atoms with E-state index in [1.165, 1.54) is 4.90 Å². The third kappa shape index (κ3) is 5.79. The van der Waals surface area contributed by atoms with Crippen LogP contribution in [0.15, 0.2) is 48.6 Å². The van der Waals surface area contributed by atoms with Gasteiger partial charge in [-0.2, -0.15) is 4.98 Å². The number of amides is 3. The Labute approximate surface area is 267 Å². The van der Waals surface area contributed by atoms with Gasteiger partial charge in [-0.3, -0.25) is 4.79 Å². The van der Waals surface area contributed by atoms with Gasteiger partial charge in [0.05, 0.1) is 31.7 Å². The Hall–Kier alpha value is -4.87. The summed E-state index contributed by atoms with van der Waals surface area (Å²) in [7, 11) is 4.92. The second kappa shape index (κ2) is 12.5. The summed E-state index contributed by atoms with van der Waals surface area (Å²) in [4.78, 5) is 52.6. The van der Waals surface area contributed by atoms with Crippen molar-refractivity contribution in [2.45, 2.75) is 56.7 Å². The van der Waals surface area contributed by atoms with Gasteiger partial charge in [0.15, 0.2) is 5.82 Å². The van der Waals surface area contributed by atoms with Gasteiger partial charge in [-0.1, -0.05) is 12.2 Å². The highest BCUT2D eigenvalue weighted by Crippen LogP contribution is 2.45. The van der Waals surface area contributed by atoms with Crippen LogP contribution in [0, 0.1) is 12.8 Å². The highest BCUT2D eigenvalue weighted by Gasteiger charge is 2.61. The maximum atomic E-state index is 13.8. The van der Waals surface area contributed by atoms with Gasteiger partial charge >= 0.3 is 12.0 Å². The number of aryl methyl sites for hydroxylation is 1. The third-order valence-corrected chi connectivity index (χ3v) is 9.25. The van der Waals surface area contributed by atoms with Crippen molar-refractivity contribution in [2.24, 2.45) is 5.92 Å². The zero-order valence-corrected chi connectivity index (χ0v) is 26.5. The van der Waals surface area contributed by atoms with E-state index in [9.17, 15) is 19.5 Å². The summed E-state index contributed by atoms with van der Waals surface area (Å²) in [6.45, 7) is 2.58. The number of hydrogen-bond donors (Lipinski definition) is 2. The molecule has 1 aromatic heterocycles. The van der Waals surface area contributed by atoms with Crippen LogP contribution in [0.25, 0.3) is 22.3 Å². The number of carboxylic acid groups (broad SMARTS) is 1. The zero-order valence-electron chi connectivity index (χ0n) is 26.5. The van der Waals surface area contributed by atoms with Gasteiger partial charge in [0.2, 0.25) is 11.8 Å². The fourth-order valence-corrected chi connectivity index (χ4v) is 6.42. The smallest absolute Gasteiger partial charge is 0.330 e. The molecule has 2 aliphatic heterocycles. The summed E-state index contributed by atoms with van der Waals surface area (Å²) in [5, 5.41) is 13.5. The summed E-state index contributed by atoms with van der Waals surface area (Å²) in [6, 6.07) is 9.82. The molecule has 0 bridgehead atoms. The monoisotopic (exact) mass is 629 g/mol. The van der Waals surface area contributed by atoms with E-state index in [2.05, 4.69) is 5.32 Å². The number of carboxylic acids is 1. The van der Waals surface area contributed by atoms with Gasteiger partial charge in [-0.25, -0.2) is 14.6 Å². The Bertz CT molecular complexity index is 1690. The molecule has 0 spiro atoms. The molecule has 1 saturated heterocycles. The normalized spacial score (nSPS) is 24.9. The van der Waals surface area contributed by atoms with Crippen molar-refractivity contribution >= 4 is 28.8 Å². The molecule has 3 heterocycles. The van der Waals surface area contributed by atoms with Gasteiger partial charge in [0, 0.05) is 37.1 Å². The van der Waals surface area contributed by atoms with Gasteiger partial charge in [0.1, 0.15) is 29.2 Å². The largest absolute Gasteiger partial charge is 0.497 e. The summed E-state index contributed by atoms with van der Waals surface area (Å²) in [5.74, 6) is 0.240. The molecule has 3 amide bonds. The molecule has 1 aliphatic carbocycles. The first kappa shape index (κ1) is 31.1. The van der Waals surface area contributed by atoms with Crippen molar-refractivity contribution in [1.29, 1.82) is 0 Å². The van der Waals surface area contributed by atoms with E-state index >= 15 is 0 Å². The van der Waals surface area contributed by atoms with E-state index in [1.807, 2.05) is 55.5 Å². The van der Waals surface area contributed by atoms with Crippen molar-refractivity contribution in [3.8, 4) is 28.8 Å². The summed E-state index contributed by atoms with van der Waals surface area (Å²) >= 11 is 0. The van der Waals surface area contributed by atoms with Crippen molar-refractivity contribution in [1.82, 2.24) is 25.1 Å². The van der Waals surface area contributed by atoms with Crippen LogP contribution >= 0.6 is 0 Å². The average Bonchev–Trinajstić information content (AvgIpc) is 3.59. The van der Waals surface area contributed by atoms with Gasteiger partial charge in [-0.15, -0.1) is 0 Å². The van der Waals surface area contributed by atoms with Gasteiger partial charge in [-0.05, 0) is 69.0 Å². The number of aliphatic carboxylic acids is 1. The molecule has 0 radical (unpaired) electrons. The second-order valence-electron chi connectivity index (χ2n) is 12.2. The van der Waals surface area contributed by atoms with Crippen LogP contribution in [-0.4, -0.2) is 94.8 Å². The number of methoxy groups -OCH3 is 2. The molecule has 4 unspecified atom stereocenters. The Kier molecular flexibility index (Phi) is 8.45. The van der Waals surface area contributed by atoms with Crippen molar-refractivity contribution < 1.29 is 33.7 Å². The molecule has 12 heteroatoms. The van der Waals surface area contributed by atoms with Crippen LogP contribution in [0.5, 0.6) is 17.4 Å². The van der Waals surface area contributed by atoms with Gasteiger partial charge in [0.25, 0.3) is 0 Å². The molecular formula is C34H39N5O7. The zero-order chi connectivity index (χ0) is 32.6. The van der Waals surface area contributed by atoms with Crippen LogP contribution in [0.4, 0.5) is 4.79 Å². The Morgan fingerprint density at radius 1 is 1.07 bits per heavy atom. The lowest BCUT2D eigenvalue weighted by atomic mass is 10.1. The fraction of sp³-hybridized carbons (Fsp3) is 0.441. The first-order chi connectivity index (χ1) is 22.1. The number of carbonyl (C=O) groups is 3. The standard InChI is InChI=1S/C34H39N5O7/c1-20-27(45-4)15-14-25-28(20)35-29(21-10-12-23(44-3)13-11-21)36-31(25)46-24-17-26-30(40)37-34(32(41)42)18-22(34)9-7-5-6-8-16-38(2)33(43)39(26)19-24/h7,9-15,22,24,26H,5-6,8,16-19H2,1-4H3,(H,37,40)(H,41,42). The van der Waals surface area contributed by atoms with Crippen molar-refractivity contribution in [3.63, 3.8) is 0 Å². The quantitative estimate of drug-likeness (QED) is 0.384. The van der Waals surface area contributed by atoms with E-state index in [0.717, 1.165) is 30.4 Å². The van der Waals surface area contributed by atoms with Crippen molar-refractivity contribution in [2.75, 3.05) is 34.4 Å². The molecule has 46 heavy (non-hydrogen) atoms. The number of ether oxygens (including phenoxy) is 3. The van der Waals surface area contributed by atoms with Crippen LogP contribution in [0.1, 0.15) is 37.7 Å². The average molecular weight is 630 g/mol. The maximum absolute atomic E-state index is 13.8. The van der Waals surface area contributed by atoms with E-state index in [0.29, 0.717) is 47.1 Å². The van der Waals surface area contributed by atoms with E-state index in [4.69, 9.17) is 24.2 Å². The molecule has 1 saturated carbocycles. The minimum atomic E-state index is -1.37. The fourth-order valence-electron chi connectivity index (χ4n) is 6.42. The van der Waals surface area contributed by atoms with Crippen LogP contribution in [0.2, 0.25) is 0 Å². The molecule has 3 aromatic rings. The number of fused-ring (bicyclic) bond motifs is 3. The lowest BCUT2D eigenvalue weighted by molar-refractivity contribution is -0.144. The minimum Gasteiger partial charge on any atom is -0.497 e. The first-order valence-corrected chi connectivity index (χ1v) is 15.6. The highest BCUT2D eigenvalue weighted by atomic mass is 16.5. The van der Waals surface area contributed by atoms with Crippen LogP contribution in [0.3, 0.4) is 0 Å². The molecule has 2 fully saturated rings. The number of rotatable bonds is 6. The summed E-state index contributed by atoms with van der Waals surface area (Å²) in [6.07, 6.45) is 6.19. The number of urea groups is 1. The first-order valence-electron chi connectivity index (χ1n) is 15.6. The van der Waals surface area contributed by atoms with E-state index in [1.54, 1.807) is 26.2 Å². The van der Waals surface area contributed by atoms with Gasteiger partial charge < -0.3 is 34.4 Å². The number of aromatic nitrogens is 2. The number of nitrogens with one attached hydrogen (secondary N) is 1. The minimum absolute atomic E-state index is 0.128. The predicted molar refractivity (Wildman–Crippen MR) is 170 cm³/mol. The SMILES string of the molecule is COc1ccc(-c2nc(OC3CC4C(=O)NC5(C(=O)O)CC5C=CCCCCN(C)C(=O)N4C3)c3ccc(OC)c(C)c3n2)cc1. The van der Waals surface area contributed by atoms with Crippen LogP contribution < -0.4 is 19.5 Å². The topological polar surface area (TPSA) is 143 Å². The lowest BCUT2D eigenvalue weighted by Crippen LogP contribution is -2.54. The van der Waals surface area contributed by atoms with Crippen LogP contribution in [-0.2, 0) is 9.59 Å². The number of benzene rings is 2. The molecular weight excluding hydrogens is 590 g/mol. The predicted octanol–water partition coefficient (Wildman–Crippen LogP) is 4.20. The molecule has 2 N–H and O–H groups in total. The summed E-state index contributed by atoms with van der Waals surface area (Å²) in [5.41, 5.74) is 0.843. The highest BCUT2D eigenvalue weighted by molar-refractivity contribution is 5.95. The molecule has 12 nitrogen and oxygen atoms in total. The Morgan fingerprint density at radius 2 is 1.85 bits per heavy atom. The second-order valence-corrected chi connectivity index (χ2v) is 12.2. The van der Waals surface area contributed by atoms with E-state index in [-0.39, 0.29) is 24.9 Å². The van der Waals surface area contributed by atoms with E-state index < -0.39 is 29.6 Å². The number of carbonyl (C=O) groups excluding carboxylic acids is 2. The Balaban J connectivity index is 1.35. The number of allylic oxidation sites excluding steroid dienone is 1. The molecule has 2 aromatic carbocycles. The number of nitrogens with zero attached hydrogens (tertiary/aromatic N) is 4. The molecule has 242 valence electrons. The Morgan fingerprint density at radius 3 is 2.57 bits per heavy atom. The lowest BCUT2D eigenvalue weighted by Gasteiger charge is -2.29. The summed E-state index contributed by atoms with van der Waals surface area (Å²) < 4.78 is 17.4. The molecule has 6 rings (SSSR count). The third-order valence-electron chi connectivity index (χ3n) is 9.25.